The normalized spacial score (nSPS) is 9.79. The van der Waals surface area contributed by atoms with Crippen LogP contribution in [0.1, 0.15) is 12.0 Å². The van der Waals surface area contributed by atoms with E-state index in [9.17, 15) is 9.59 Å². The van der Waals surface area contributed by atoms with Crippen LogP contribution in [-0.2, 0) is 11.3 Å². The van der Waals surface area contributed by atoms with E-state index in [0.29, 0.717) is 17.3 Å². The molecular formula is C12H15ClN2O4. The number of hydrogen-bond donors (Lipinski definition) is 3. The first-order chi connectivity index (χ1) is 9.02. The Morgan fingerprint density at radius 2 is 2.11 bits per heavy atom. The largest absolute Gasteiger partial charge is 0.495 e. The van der Waals surface area contributed by atoms with Gasteiger partial charge in [-0.3, -0.25) is 4.79 Å². The van der Waals surface area contributed by atoms with Crippen molar-refractivity contribution in [2.24, 2.45) is 0 Å². The van der Waals surface area contributed by atoms with Crippen molar-refractivity contribution in [2.75, 3.05) is 13.7 Å². The van der Waals surface area contributed by atoms with Crippen molar-refractivity contribution in [3.63, 3.8) is 0 Å². The number of carboxylic acids is 1. The molecular weight excluding hydrogens is 272 g/mol. The van der Waals surface area contributed by atoms with Crippen molar-refractivity contribution in [2.45, 2.75) is 13.0 Å². The molecule has 0 fully saturated rings. The lowest BCUT2D eigenvalue weighted by Crippen LogP contribution is -2.36. The van der Waals surface area contributed by atoms with E-state index in [1.807, 2.05) is 0 Å². The van der Waals surface area contributed by atoms with Crippen LogP contribution in [-0.4, -0.2) is 30.8 Å². The Kier molecular flexibility index (Phi) is 5.95. The molecule has 0 spiro atoms. The first-order valence-electron chi connectivity index (χ1n) is 5.59. The van der Waals surface area contributed by atoms with Crippen LogP contribution in [0.25, 0.3) is 0 Å². The van der Waals surface area contributed by atoms with Gasteiger partial charge >= 0.3 is 12.0 Å². The number of hydrogen-bond acceptors (Lipinski definition) is 3. The lowest BCUT2D eigenvalue weighted by molar-refractivity contribution is -0.136. The van der Waals surface area contributed by atoms with E-state index in [0.717, 1.165) is 5.56 Å². The van der Waals surface area contributed by atoms with Gasteiger partial charge in [0.05, 0.1) is 18.6 Å². The smallest absolute Gasteiger partial charge is 0.315 e. The summed E-state index contributed by atoms with van der Waals surface area (Å²) in [5, 5.41) is 13.9. The van der Waals surface area contributed by atoms with Crippen LogP contribution in [0.4, 0.5) is 4.79 Å². The van der Waals surface area contributed by atoms with Crippen LogP contribution in [0.3, 0.4) is 0 Å². The van der Waals surface area contributed by atoms with Crippen molar-refractivity contribution in [3.8, 4) is 5.75 Å². The fraction of sp³-hybridized carbons (Fsp3) is 0.333. The van der Waals surface area contributed by atoms with E-state index in [2.05, 4.69) is 10.6 Å². The van der Waals surface area contributed by atoms with E-state index >= 15 is 0 Å². The number of nitrogens with one attached hydrogen (secondary N) is 2. The maximum Gasteiger partial charge on any atom is 0.315 e. The summed E-state index contributed by atoms with van der Waals surface area (Å²) in [5.41, 5.74) is 0.819. The zero-order chi connectivity index (χ0) is 14.3. The zero-order valence-corrected chi connectivity index (χ0v) is 11.2. The average Bonchev–Trinajstić information content (AvgIpc) is 2.36. The number of urea groups is 1. The van der Waals surface area contributed by atoms with Gasteiger partial charge in [-0.25, -0.2) is 4.79 Å². The second-order valence-electron chi connectivity index (χ2n) is 3.72. The topological polar surface area (TPSA) is 87.7 Å². The van der Waals surface area contributed by atoms with E-state index in [4.69, 9.17) is 21.4 Å². The molecule has 0 saturated heterocycles. The minimum atomic E-state index is -0.956. The van der Waals surface area contributed by atoms with E-state index in [-0.39, 0.29) is 13.0 Å². The van der Waals surface area contributed by atoms with E-state index in [1.54, 1.807) is 18.2 Å². The van der Waals surface area contributed by atoms with Gasteiger partial charge in [0.1, 0.15) is 5.75 Å². The van der Waals surface area contributed by atoms with Crippen LogP contribution in [0.15, 0.2) is 18.2 Å². The molecule has 104 valence electrons. The molecule has 0 unspecified atom stereocenters. The second kappa shape index (κ2) is 7.48. The molecule has 0 bridgehead atoms. The average molecular weight is 287 g/mol. The van der Waals surface area contributed by atoms with Gasteiger partial charge in [0.2, 0.25) is 0 Å². The third-order valence-electron chi connectivity index (χ3n) is 2.29. The van der Waals surface area contributed by atoms with Gasteiger partial charge in [-0.1, -0.05) is 17.7 Å². The lowest BCUT2D eigenvalue weighted by Gasteiger charge is -2.08. The molecule has 0 heterocycles. The third kappa shape index (κ3) is 5.48. The molecule has 7 heteroatoms. The highest BCUT2D eigenvalue weighted by molar-refractivity contribution is 6.32. The molecule has 0 aliphatic heterocycles. The Labute approximate surface area is 115 Å². The number of carbonyl (C=O) groups is 2. The number of amides is 2. The summed E-state index contributed by atoms with van der Waals surface area (Å²) in [6, 6.07) is 4.76. The Hall–Kier alpha value is -1.95. The van der Waals surface area contributed by atoms with Crippen LogP contribution in [0, 0.1) is 0 Å². The van der Waals surface area contributed by atoms with Crippen LogP contribution >= 0.6 is 11.6 Å². The quantitative estimate of drug-likeness (QED) is 0.741. The summed E-state index contributed by atoms with van der Waals surface area (Å²) in [4.78, 5) is 21.6. The van der Waals surface area contributed by atoms with Crippen molar-refractivity contribution >= 4 is 23.6 Å². The van der Waals surface area contributed by atoms with Crippen molar-refractivity contribution in [3.05, 3.63) is 28.8 Å². The monoisotopic (exact) mass is 286 g/mol. The molecule has 0 aromatic heterocycles. The highest BCUT2D eigenvalue weighted by Crippen LogP contribution is 2.24. The number of benzene rings is 1. The number of methoxy groups -OCH3 is 1. The zero-order valence-electron chi connectivity index (χ0n) is 10.4. The second-order valence-corrected chi connectivity index (χ2v) is 4.13. The maximum atomic E-state index is 11.3. The molecule has 2 amide bonds. The molecule has 19 heavy (non-hydrogen) atoms. The first-order valence-corrected chi connectivity index (χ1v) is 5.96. The Bertz CT molecular complexity index is 465. The molecule has 1 aromatic carbocycles. The van der Waals surface area contributed by atoms with Crippen LogP contribution < -0.4 is 15.4 Å². The molecule has 1 rings (SSSR count). The third-order valence-corrected chi connectivity index (χ3v) is 2.59. The molecule has 0 saturated carbocycles. The molecule has 0 atom stereocenters. The van der Waals surface area contributed by atoms with E-state index < -0.39 is 12.0 Å². The number of rotatable bonds is 6. The first kappa shape index (κ1) is 15.1. The number of ether oxygens (including phenoxy) is 1. The van der Waals surface area contributed by atoms with Crippen LogP contribution in [0.5, 0.6) is 5.75 Å². The molecule has 6 nitrogen and oxygen atoms in total. The van der Waals surface area contributed by atoms with Crippen molar-refractivity contribution < 1.29 is 19.4 Å². The highest BCUT2D eigenvalue weighted by atomic mass is 35.5. The number of carbonyl (C=O) groups excluding carboxylic acids is 1. The Balaban J connectivity index is 2.37. The Morgan fingerprint density at radius 3 is 2.68 bits per heavy atom. The number of aliphatic carboxylic acids is 1. The molecule has 0 radical (unpaired) electrons. The summed E-state index contributed by atoms with van der Waals surface area (Å²) < 4.78 is 5.01. The van der Waals surface area contributed by atoms with Crippen LogP contribution in [0.2, 0.25) is 5.02 Å². The Morgan fingerprint density at radius 1 is 1.37 bits per heavy atom. The molecule has 1 aromatic rings. The molecule has 0 aliphatic carbocycles. The van der Waals surface area contributed by atoms with Gasteiger partial charge in [-0.05, 0) is 17.7 Å². The molecule has 3 N–H and O–H groups in total. The summed E-state index contributed by atoms with van der Waals surface area (Å²) in [7, 11) is 1.52. The highest BCUT2D eigenvalue weighted by Gasteiger charge is 2.04. The van der Waals surface area contributed by atoms with Crippen molar-refractivity contribution in [1.29, 1.82) is 0 Å². The number of carboxylic acid groups (broad SMARTS) is 1. The van der Waals surface area contributed by atoms with Gasteiger partial charge < -0.3 is 20.5 Å². The number of halogens is 1. The summed E-state index contributed by atoms with van der Waals surface area (Å²) in [5.74, 6) is -0.390. The lowest BCUT2D eigenvalue weighted by atomic mass is 10.2. The van der Waals surface area contributed by atoms with Gasteiger partial charge in [0.15, 0.2) is 0 Å². The summed E-state index contributed by atoms with van der Waals surface area (Å²) >= 11 is 5.94. The standard InChI is InChI=1S/C12H15ClN2O4/c1-19-10-3-2-8(6-9(10)13)7-15-12(18)14-5-4-11(16)17/h2-3,6H,4-5,7H2,1H3,(H,16,17)(H2,14,15,18). The minimum Gasteiger partial charge on any atom is -0.495 e. The van der Waals surface area contributed by atoms with E-state index in [1.165, 1.54) is 7.11 Å². The molecule has 0 aliphatic rings. The fourth-order valence-corrected chi connectivity index (χ4v) is 1.63. The van der Waals surface area contributed by atoms with Gasteiger partial charge in [-0.2, -0.15) is 0 Å². The fourth-order valence-electron chi connectivity index (χ4n) is 1.35. The van der Waals surface area contributed by atoms with Gasteiger partial charge in [0.25, 0.3) is 0 Å². The van der Waals surface area contributed by atoms with Gasteiger partial charge in [0, 0.05) is 13.1 Å². The van der Waals surface area contributed by atoms with Gasteiger partial charge in [-0.15, -0.1) is 0 Å². The summed E-state index contributed by atoms with van der Waals surface area (Å²) in [6.45, 7) is 0.382. The SMILES string of the molecule is COc1ccc(CNC(=O)NCCC(=O)O)cc1Cl. The maximum absolute atomic E-state index is 11.3. The van der Waals surface area contributed by atoms with Crippen molar-refractivity contribution in [1.82, 2.24) is 10.6 Å². The predicted molar refractivity (Wildman–Crippen MR) is 70.5 cm³/mol. The predicted octanol–water partition coefficient (Wildman–Crippen LogP) is 1.62. The summed E-state index contributed by atoms with van der Waals surface area (Å²) in [6.07, 6.45) is -0.109. The minimum absolute atomic E-state index is 0.0878.